The number of rotatable bonds is 8. The van der Waals surface area contributed by atoms with E-state index in [1.807, 2.05) is 38.1 Å². The van der Waals surface area contributed by atoms with Gasteiger partial charge in [-0.1, -0.05) is 43.6 Å². The van der Waals surface area contributed by atoms with Gasteiger partial charge in [0.15, 0.2) is 5.78 Å². The van der Waals surface area contributed by atoms with Gasteiger partial charge in [-0.15, -0.1) is 11.3 Å². The smallest absolute Gasteiger partial charge is 0.262 e. The SMILES string of the molecule is CC(C)CC(NC(=O)c1cc2ccccc2s1)C(=O)N[C@@H]1CCCN(S(=O)(=O)c2ccc(Cl)cc2)CC1=O. The van der Waals surface area contributed by atoms with Crippen molar-refractivity contribution in [3.63, 3.8) is 0 Å². The van der Waals surface area contributed by atoms with Crippen molar-refractivity contribution in [2.24, 2.45) is 5.92 Å². The molecular formula is C27H30ClN3O5S2. The summed E-state index contributed by atoms with van der Waals surface area (Å²) < 4.78 is 28.3. The maximum atomic E-state index is 13.3. The molecule has 0 saturated carbocycles. The Morgan fingerprint density at radius 2 is 1.84 bits per heavy atom. The minimum atomic E-state index is -3.89. The van der Waals surface area contributed by atoms with Gasteiger partial charge in [0.2, 0.25) is 15.9 Å². The number of ketones is 1. The van der Waals surface area contributed by atoms with Gasteiger partial charge in [-0.3, -0.25) is 14.4 Å². The normalized spacial score (nSPS) is 17.8. The summed E-state index contributed by atoms with van der Waals surface area (Å²) in [5.41, 5.74) is 0. The zero-order valence-corrected chi connectivity index (χ0v) is 23.5. The number of hydrogen-bond donors (Lipinski definition) is 2. The molecule has 0 spiro atoms. The molecule has 1 unspecified atom stereocenters. The van der Waals surface area contributed by atoms with Gasteiger partial charge >= 0.3 is 0 Å². The van der Waals surface area contributed by atoms with E-state index >= 15 is 0 Å². The number of Topliss-reactive ketones (excluding diaryl/α,β-unsaturated/α-hetero) is 1. The van der Waals surface area contributed by atoms with Crippen molar-refractivity contribution in [1.29, 1.82) is 0 Å². The predicted molar refractivity (Wildman–Crippen MR) is 149 cm³/mol. The minimum Gasteiger partial charge on any atom is -0.344 e. The highest BCUT2D eigenvalue weighted by atomic mass is 35.5. The highest BCUT2D eigenvalue weighted by Crippen LogP contribution is 2.26. The third-order valence-corrected chi connectivity index (χ3v) is 9.59. The number of sulfonamides is 1. The van der Waals surface area contributed by atoms with E-state index < -0.39 is 33.8 Å². The Labute approximate surface area is 231 Å². The van der Waals surface area contributed by atoms with E-state index in [-0.39, 0.29) is 29.8 Å². The molecule has 0 radical (unpaired) electrons. The van der Waals surface area contributed by atoms with E-state index in [0.29, 0.717) is 29.2 Å². The van der Waals surface area contributed by atoms with Crippen molar-refractivity contribution in [2.75, 3.05) is 13.1 Å². The molecule has 1 aliphatic rings. The van der Waals surface area contributed by atoms with Gasteiger partial charge < -0.3 is 10.6 Å². The maximum absolute atomic E-state index is 13.3. The van der Waals surface area contributed by atoms with E-state index in [1.165, 1.54) is 35.6 Å². The minimum absolute atomic E-state index is 0.0538. The molecule has 38 heavy (non-hydrogen) atoms. The van der Waals surface area contributed by atoms with Crippen LogP contribution in [-0.4, -0.2) is 55.5 Å². The molecule has 1 fully saturated rings. The van der Waals surface area contributed by atoms with Crippen LogP contribution < -0.4 is 10.6 Å². The van der Waals surface area contributed by atoms with Crippen molar-refractivity contribution in [2.45, 2.75) is 50.1 Å². The second-order valence-electron chi connectivity index (χ2n) is 9.77. The molecule has 202 valence electrons. The number of carbonyl (C=O) groups excluding carboxylic acids is 3. The van der Waals surface area contributed by atoms with Gasteiger partial charge in [-0.2, -0.15) is 4.31 Å². The van der Waals surface area contributed by atoms with Crippen molar-refractivity contribution >= 4 is 60.6 Å². The van der Waals surface area contributed by atoms with Crippen molar-refractivity contribution in [3.05, 3.63) is 64.5 Å². The molecule has 1 saturated heterocycles. The lowest BCUT2D eigenvalue weighted by molar-refractivity contribution is -0.129. The molecule has 3 aromatic rings. The van der Waals surface area contributed by atoms with Crippen LogP contribution in [0.5, 0.6) is 0 Å². The molecule has 1 aliphatic heterocycles. The van der Waals surface area contributed by atoms with Crippen LogP contribution in [0, 0.1) is 5.92 Å². The number of hydrogen-bond acceptors (Lipinski definition) is 6. The Morgan fingerprint density at radius 1 is 1.13 bits per heavy atom. The van der Waals surface area contributed by atoms with E-state index in [4.69, 9.17) is 11.6 Å². The number of halogens is 1. The number of thiophene rings is 1. The number of carbonyl (C=O) groups is 3. The van der Waals surface area contributed by atoms with Gasteiger partial charge in [0.05, 0.1) is 22.4 Å². The third-order valence-electron chi connectivity index (χ3n) is 6.37. The Hall–Kier alpha value is -2.79. The Morgan fingerprint density at radius 3 is 2.53 bits per heavy atom. The summed E-state index contributed by atoms with van der Waals surface area (Å²) in [6.45, 7) is 3.70. The molecule has 0 aliphatic carbocycles. The maximum Gasteiger partial charge on any atom is 0.262 e. The van der Waals surface area contributed by atoms with Crippen molar-refractivity contribution < 1.29 is 22.8 Å². The van der Waals surface area contributed by atoms with Gasteiger partial charge in [0, 0.05) is 16.3 Å². The first-order valence-electron chi connectivity index (χ1n) is 12.4. The molecule has 4 rings (SSSR count). The number of amides is 2. The molecule has 2 atom stereocenters. The van der Waals surface area contributed by atoms with Gasteiger partial charge in [0.1, 0.15) is 6.04 Å². The van der Waals surface area contributed by atoms with Crippen LogP contribution in [0.1, 0.15) is 42.8 Å². The molecule has 2 aromatic carbocycles. The van der Waals surface area contributed by atoms with Gasteiger partial charge in [-0.05, 0) is 67.0 Å². The number of benzene rings is 2. The Kier molecular flexibility index (Phi) is 8.87. The summed E-state index contributed by atoms with van der Waals surface area (Å²) in [5.74, 6) is -1.09. The fourth-order valence-electron chi connectivity index (χ4n) is 4.41. The van der Waals surface area contributed by atoms with E-state index in [0.717, 1.165) is 14.4 Å². The van der Waals surface area contributed by atoms with Crippen molar-refractivity contribution in [1.82, 2.24) is 14.9 Å². The molecule has 2 amide bonds. The van der Waals surface area contributed by atoms with Crippen LogP contribution >= 0.6 is 22.9 Å². The zero-order valence-electron chi connectivity index (χ0n) is 21.1. The molecule has 0 bridgehead atoms. The number of nitrogens with one attached hydrogen (secondary N) is 2. The molecular weight excluding hydrogens is 546 g/mol. The molecule has 8 nitrogen and oxygen atoms in total. The second-order valence-corrected chi connectivity index (χ2v) is 13.2. The lowest BCUT2D eigenvalue weighted by atomic mass is 10.0. The zero-order chi connectivity index (χ0) is 27.4. The molecule has 2 heterocycles. The summed E-state index contributed by atoms with van der Waals surface area (Å²) in [6.07, 6.45) is 1.09. The predicted octanol–water partition coefficient (Wildman–Crippen LogP) is 4.24. The summed E-state index contributed by atoms with van der Waals surface area (Å²) in [5, 5.41) is 6.98. The lowest BCUT2D eigenvalue weighted by Crippen LogP contribution is -2.52. The first-order valence-corrected chi connectivity index (χ1v) is 15.1. The topological polar surface area (TPSA) is 113 Å². The van der Waals surface area contributed by atoms with E-state index in [1.54, 1.807) is 6.07 Å². The monoisotopic (exact) mass is 575 g/mol. The van der Waals surface area contributed by atoms with Crippen molar-refractivity contribution in [3.8, 4) is 0 Å². The van der Waals surface area contributed by atoms with Crippen LogP contribution in [0.2, 0.25) is 5.02 Å². The standard InChI is InChI=1S/C27H30ClN3O5S2/c1-17(2)14-22(30-27(34)25-15-18-6-3-4-8-24(18)37-25)26(33)29-21-7-5-13-31(16-23(21)32)38(35,36)20-11-9-19(28)10-12-20/h3-4,6,8-12,15,17,21-22H,5,7,13-14,16H2,1-2H3,(H,29,33)(H,30,34)/t21-,22?/m1/s1. The second kappa shape index (κ2) is 11.9. The quantitative estimate of drug-likeness (QED) is 0.417. The van der Waals surface area contributed by atoms with Crippen LogP contribution in [0.25, 0.3) is 10.1 Å². The Balaban J connectivity index is 1.44. The summed E-state index contributed by atoms with van der Waals surface area (Å²) in [6, 6.07) is 13.6. The summed E-state index contributed by atoms with van der Waals surface area (Å²) in [7, 11) is -3.89. The average Bonchev–Trinajstić information content (AvgIpc) is 3.22. The fraction of sp³-hybridized carbons (Fsp3) is 0.370. The molecule has 1 aromatic heterocycles. The van der Waals surface area contributed by atoms with Crippen LogP contribution in [0.15, 0.2) is 59.5 Å². The fourth-order valence-corrected chi connectivity index (χ4v) is 6.94. The number of nitrogens with zero attached hydrogens (tertiary/aromatic N) is 1. The van der Waals surface area contributed by atoms with Gasteiger partial charge in [0.25, 0.3) is 5.91 Å². The first-order chi connectivity index (χ1) is 18.0. The largest absolute Gasteiger partial charge is 0.344 e. The summed E-state index contributed by atoms with van der Waals surface area (Å²) >= 11 is 7.23. The highest BCUT2D eigenvalue weighted by molar-refractivity contribution is 7.89. The summed E-state index contributed by atoms with van der Waals surface area (Å²) in [4.78, 5) is 39.9. The van der Waals surface area contributed by atoms with Crippen LogP contribution in [0.4, 0.5) is 0 Å². The molecule has 2 N–H and O–H groups in total. The average molecular weight is 576 g/mol. The molecule has 11 heteroatoms. The number of fused-ring (bicyclic) bond motifs is 1. The van der Waals surface area contributed by atoms with Gasteiger partial charge in [-0.25, -0.2) is 8.42 Å². The third kappa shape index (κ3) is 6.61. The van der Waals surface area contributed by atoms with Crippen LogP contribution in [0.3, 0.4) is 0 Å². The first kappa shape index (κ1) is 28.2. The van der Waals surface area contributed by atoms with Crippen LogP contribution in [-0.2, 0) is 19.6 Å². The van der Waals surface area contributed by atoms with E-state index in [9.17, 15) is 22.8 Å². The lowest BCUT2D eigenvalue weighted by Gasteiger charge is -2.23. The highest BCUT2D eigenvalue weighted by Gasteiger charge is 2.34. The Bertz CT molecular complexity index is 1400. The van der Waals surface area contributed by atoms with E-state index in [2.05, 4.69) is 10.6 Å².